The summed E-state index contributed by atoms with van der Waals surface area (Å²) in [5.74, 6) is -3.19. The van der Waals surface area contributed by atoms with E-state index >= 15 is 0 Å². The van der Waals surface area contributed by atoms with Crippen molar-refractivity contribution in [3.8, 4) is 6.07 Å². The molecule has 0 fully saturated rings. The van der Waals surface area contributed by atoms with Gasteiger partial charge in [-0.2, -0.15) is 5.26 Å². The molecule has 0 N–H and O–H groups in total. The van der Waals surface area contributed by atoms with Crippen molar-refractivity contribution in [3.05, 3.63) is 29.1 Å². The third-order valence-electron chi connectivity index (χ3n) is 1.67. The highest BCUT2D eigenvalue weighted by Gasteiger charge is 2.17. The molecule has 0 bridgehead atoms. The summed E-state index contributed by atoms with van der Waals surface area (Å²) < 4.78 is 39.3. The Kier molecular flexibility index (Phi) is 3.42. The number of nitriles is 1. The van der Waals surface area contributed by atoms with E-state index in [0.717, 1.165) is 17.8 Å². The minimum absolute atomic E-state index is 0.250. The lowest BCUT2D eigenvalue weighted by Gasteiger charge is -2.05. The Labute approximate surface area is 83.5 Å². The van der Waals surface area contributed by atoms with E-state index in [1.165, 1.54) is 6.26 Å². The van der Waals surface area contributed by atoms with Crippen molar-refractivity contribution in [3.63, 3.8) is 0 Å². The van der Waals surface area contributed by atoms with Crippen LogP contribution in [-0.4, -0.2) is 6.26 Å². The summed E-state index contributed by atoms with van der Waals surface area (Å²) in [4.78, 5) is -0.357. The molecule has 1 rings (SSSR count). The molecular weight excluding hydrogens is 211 g/mol. The Morgan fingerprint density at radius 3 is 2.50 bits per heavy atom. The van der Waals surface area contributed by atoms with Crippen LogP contribution in [0.5, 0.6) is 0 Å². The molecule has 0 unspecified atom stereocenters. The highest BCUT2D eigenvalue weighted by atomic mass is 32.2. The molecule has 0 aromatic heterocycles. The molecule has 14 heavy (non-hydrogen) atoms. The van der Waals surface area contributed by atoms with Gasteiger partial charge in [0, 0.05) is 5.56 Å². The topological polar surface area (TPSA) is 23.8 Å². The normalized spacial score (nSPS) is 9.93. The SMILES string of the molecule is CSc1c(F)cc(CC#N)c(F)c1F. The summed E-state index contributed by atoms with van der Waals surface area (Å²) in [7, 11) is 0. The van der Waals surface area contributed by atoms with Gasteiger partial charge in [0.05, 0.1) is 17.4 Å². The zero-order valence-corrected chi connectivity index (χ0v) is 8.09. The summed E-state index contributed by atoms with van der Waals surface area (Å²) >= 11 is 0.790. The number of benzene rings is 1. The smallest absolute Gasteiger partial charge is 0.175 e. The molecule has 0 aliphatic heterocycles. The lowest BCUT2D eigenvalue weighted by atomic mass is 10.1. The van der Waals surface area contributed by atoms with Crippen LogP contribution in [0.3, 0.4) is 0 Å². The number of hydrogen-bond donors (Lipinski definition) is 0. The predicted octanol–water partition coefficient (Wildman–Crippen LogP) is 2.89. The maximum absolute atomic E-state index is 13.1. The number of thioether (sulfide) groups is 1. The van der Waals surface area contributed by atoms with Crippen LogP contribution in [0, 0.1) is 28.8 Å². The first-order chi connectivity index (χ1) is 6.61. The Balaban J connectivity index is 3.34. The van der Waals surface area contributed by atoms with Gasteiger partial charge in [0.15, 0.2) is 11.6 Å². The van der Waals surface area contributed by atoms with E-state index in [9.17, 15) is 13.2 Å². The molecule has 0 spiro atoms. The standard InChI is InChI=1S/C9H6F3NS/c1-14-9-6(10)4-5(2-3-13)7(11)8(9)12/h4H,2H2,1H3. The summed E-state index contributed by atoms with van der Waals surface area (Å²) in [6.07, 6.45) is 1.11. The fourth-order valence-electron chi connectivity index (χ4n) is 1.03. The maximum atomic E-state index is 13.1. The predicted molar refractivity (Wildman–Crippen MR) is 47.4 cm³/mol. The highest BCUT2D eigenvalue weighted by Crippen LogP contribution is 2.27. The van der Waals surface area contributed by atoms with E-state index in [4.69, 9.17) is 5.26 Å². The second-order valence-electron chi connectivity index (χ2n) is 2.51. The summed E-state index contributed by atoms with van der Waals surface area (Å²) in [6.45, 7) is 0. The van der Waals surface area contributed by atoms with E-state index < -0.39 is 17.5 Å². The Morgan fingerprint density at radius 1 is 1.36 bits per heavy atom. The number of rotatable bonds is 2. The van der Waals surface area contributed by atoms with Crippen molar-refractivity contribution in [1.29, 1.82) is 5.26 Å². The molecular formula is C9H6F3NS. The molecule has 74 valence electrons. The van der Waals surface area contributed by atoms with Gasteiger partial charge < -0.3 is 0 Å². The van der Waals surface area contributed by atoms with Crippen LogP contribution in [-0.2, 0) is 6.42 Å². The lowest BCUT2D eigenvalue weighted by Crippen LogP contribution is -1.99. The zero-order valence-electron chi connectivity index (χ0n) is 7.27. The van der Waals surface area contributed by atoms with Gasteiger partial charge >= 0.3 is 0 Å². The average Bonchev–Trinajstić information content (AvgIpc) is 2.15. The van der Waals surface area contributed by atoms with Crippen molar-refractivity contribution in [2.45, 2.75) is 11.3 Å². The molecule has 5 heteroatoms. The molecule has 1 aromatic carbocycles. The van der Waals surface area contributed by atoms with Crippen LogP contribution in [0.2, 0.25) is 0 Å². The second-order valence-corrected chi connectivity index (χ2v) is 3.33. The van der Waals surface area contributed by atoms with E-state index in [1.807, 2.05) is 0 Å². The van der Waals surface area contributed by atoms with E-state index in [-0.39, 0.29) is 16.9 Å². The summed E-state index contributed by atoms with van der Waals surface area (Å²) in [5.41, 5.74) is -0.250. The van der Waals surface area contributed by atoms with Gasteiger partial charge in [-0.05, 0) is 12.3 Å². The molecule has 0 saturated carbocycles. The first kappa shape index (κ1) is 10.9. The monoisotopic (exact) mass is 217 g/mol. The van der Waals surface area contributed by atoms with Gasteiger partial charge in [-0.3, -0.25) is 0 Å². The number of nitrogens with zero attached hydrogens (tertiary/aromatic N) is 1. The zero-order chi connectivity index (χ0) is 10.7. The van der Waals surface area contributed by atoms with Gasteiger partial charge in [-0.15, -0.1) is 11.8 Å². The van der Waals surface area contributed by atoms with E-state index in [1.54, 1.807) is 6.07 Å². The minimum atomic E-state index is -1.22. The summed E-state index contributed by atoms with van der Waals surface area (Å²) in [5, 5.41) is 8.29. The fraction of sp³-hybridized carbons (Fsp3) is 0.222. The van der Waals surface area contributed by atoms with E-state index in [2.05, 4.69) is 0 Å². The second kappa shape index (κ2) is 4.38. The largest absolute Gasteiger partial charge is 0.206 e. The van der Waals surface area contributed by atoms with Gasteiger partial charge in [0.2, 0.25) is 0 Å². The quantitative estimate of drug-likeness (QED) is 0.561. The molecule has 0 amide bonds. The van der Waals surface area contributed by atoms with Gasteiger partial charge in [-0.1, -0.05) is 0 Å². The van der Waals surface area contributed by atoms with Crippen LogP contribution in [0.25, 0.3) is 0 Å². The molecule has 1 aromatic rings. The van der Waals surface area contributed by atoms with Crippen molar-refractivity contribution < 1.29 is 13.2 Å². The molecule has 0 aliphatic carbocycles. The van der Waals surface area contributed by atoms with Crippen molar-refractivity contribution in [2.75, 3.05) is 6.26 Å². The third kappa shape index (κ3) is 1.85. The highest BCUT2D eigenvalue weighted by molar-refractivity contribution is 7.98. The van der Waals surface area contributed by atoms with Crippen LogP contribution in [0.1, 0.15) is 5.56 Å². The fourth-order valence-corrected chi connectivity index (χ4v) is 1.55. The number of halogens is 3. The first-order valence-corrected chi connectivity index (χ1v) is 4.91. The average molecular weight is 217 g/mol. The van der Waals surface area contributed by atoms with Crippen LogP contribution < -0.4 is 0 Å². The van der Waals surface area contributed by atoms with Gasteiger partial charge in [0.25, 0.3) is 0 Å². The minimum Gasteiger partial charge on any atom is -0.206 e. The van der Waals surface area contributed by atoms with Crippen LogP contribution in [0.15, 0.2) is 11.0 Å². The van der Waals surface area contributed by atoms with Crippen molar-refractivity contribution in [2.24, 2.45) is 0 Å². The van der Waals surface area contributed by atoms with Gasteiger partial charge in [0.1, 0.15) is 5.82 Å². The Morgan fingerprint density at radius 2 is 2.00 bits per heavy atom. The van der Waals surface area contributed by atoms with Gasteiger partial charge in [-0.25, -0.2) is 13.2 Å². The molecule has 0 saturated heterocycles. The Hall–Kier alpha value is -1.15. The molecule has 0 atom stereocenters. The third-order valence-corrected chi connectivity index (χ3v) is 2.45. The summed E-state index contributed by atoms with van der Waals surface area (Å²) in [6, 6.07) is 2.49. The van der Waals surface area contributed by atoms with Crippen molar-refractivity contribution >= 4 is 11.8 Å². The molecule has 0 heterocycles. The van der Waals surface area contributed by atoms with Crippen molar-refractivity contribution in [1.82, 2.24) is 0 Å². The molecule has 0 radical (unpaired) electrons. The van der Waals surface area contributed by atoms with E-state index in [0.29, 0.717) is 0 Å². The lowest BCUT2D eigenvalue weighted by molar-refractivity contribution is 0.461. The maximum Gasteiger partial charge on any atom is 0.175 e. The Bertz CT molecular complexity index is 398. The number of hydrogen-bond acceptors (Lipinski definition) is 2. The molecule has 1 nitrogen and oxygen atoms in total. The first-order valence-electron chi connectivity index (χ1n) is 3.69. The molecule has 0 aliphatic rings. The van der Waals surface area contributed by atoms with Crippen LogP contribution in [0.4, 0.5) is 13.2 Å². The van der Waals surface area contributed by atoms with Crippen LogP contribution >= 0.6 is 11.8 Å².